The molecule has 0 saturated heterocycles. The third kappa shape index (κ3) is 6.38. The second kappa shape index (κ2) is 8.00. The molecule has 0 amide bonds. The maximum atomic E-state index is 12.2. The zero-order valence-corrected chi connectivity index (χ0v) is 13.5. The summed E-state index contributed by atoms with van der Waals surface area (Å²) in [5.74, 6) is -0.573. The Morgan fingerprint density at radius 2 is 2.04 bits per heavy atom. The van der Waals surface area contributed by atoms with Crippen LogP contribution >= 0.6 is 12.4 Å². The molecule has 0 aliphatic carbocycles. The Morgan fingerprint density at radius 3 is 2.65 bits per heavy atom. The molecule has 2 N–H and O–H groups in total. The lowest BCUT2D eigenvalue weighted by molar-refractivity contribution is -0.274. The molecule has 2 rings (SSSR count). The zero-order valence-electron chi connectivity index (χ0n) is 11.9. The predicted octanol–water partition coefficient (Wildman–Crippen LogP) is 2.21. The van der Waals surface area contributed by atoms with Gasteiger partial charge in [-0.25, -0.2) is 13.1 Å². The summed E-state index contributed by atoms with van der Waals surface area (Å²) in [5, 5.41) is 3.10. The van der Waals surface area contributed by atoms with E-state index >= 15 is 0 Å². The average molecular weight is 373 g/mol. The fraction of sp³-hybridized carbons (Fsp3) is 0.385. The molecule has 23 heavy (non-hydrogen) atoms. The molecule has 0 aromatic heterocycles. The summed E-state index contributed by atoms with van der Waals surface area (Å²) in [5.41, 5.74) is 0.935. The molecular weight excluding hydrogens is 357 g/mol. The van der Waals surface area contributed by atoms with Crippen LogP contribution in [0, 0.1) is 0 Å². The highest BCUT2D eigenvalue weighted by molar-refractivity contribution is 7.89. The van der Waals surface area contributed by atoms with Gasteiger partial charge in [-0.3, -0.25) is 0 Å². The third-order valence-corrected chi connectivity index (χ3v) is 4.40. The number of sulfonamides is 1. The summed E-state index contributed by atoms with van der Waals surface area (Å²) in [6.07, 6.45) is -2.26. The summed E-state index contributed by atoms with van der Waals surface area (Å²) in [7, 11) is -3.90. The first-order valence-electron chi connectivity index (χ1n) is 6.50. The number of halogens is 4. The van der Waals surface area contributed by atoms with E-state index in [1.54, 1.807) is 0 Å². The van der Waals surface area contributed by atoms with Crippen molar-refractivity contribution in [3.63, 3.8) is 0 Å². The van der Waals surface area contributed by atoms with Crippen LogP contribution in [0.5, 0.6) is 5.75 Å². The smallest absolute Gasteiger partial charge is 0.406 e. The van der Waals surface area contributed by atoms with Crippen molar-refractivity contribution in [1.29, 1.82) is 0 Å². The van der Waals surface area contributed by atoms with Crippen molar-refractivity contribution >= 4 is 22.4 Å². The monoisotopic (exact) mass is 372 g/mol. The Hall–Kier alpha value is -1.29. The van der Waals surface area contributed by atoms with E-state index in [2.05, 4.69) is 14.8 Å². The highest BCUT2D eigenvalue weighted by Crippen LogP contribution is 2.24. The lowest BCUT2D eigenvalue weighted by Gasteiger charge is -2.15. The van der Waals surface area contributed by atoms with E-state index in [9.17, 15) is 21.6 Å². The zero-order chi connectivity index (χ0) is 16.2. The van der Waals surface area contributed by atoms with E-state index in [1.165, 1.54) is 12.1 Å². The highest BCUT2D eigenvalue weighted by atomic mass is 35.5. The number of benzene rings is 1. The molecule has 0 bridgehead atoms. The van der Waals surface area contributed by atoms with Gasteiger partial charge in [-0.15, -0.1) is 25.6 Å². The van der Waals surface area contributed by atoms with Gasteiger partial charge in [0.05, 0.1) is 4.90 Å². The van der Waals surface area contributed by atoms with E-state index in [1.807, 2.05) is 6.08 Å². The summed E-state index contributed by atoms with van der Waals surface area (Å²) in [4.78, 5) is -0.274. The molecule has 1 heterocycles. The Morgan fingerprint density at radius 1 is 1.30 bits per heavy atom. The van der Waals surface area contributed by atoms with Crippen molar-refractivity contribution in [2.24, 2.45) is 0 Å². The fourth-order valence-corrected chi connectivity index (χ4v) is 3.01. The molecule has 130 valence electrons. The highest BCUT2D eigenvalue weighted by Gasteiger charge is 2.31. The van der Waals surface area contributed by atoms with Crippen LogP contribution in [0.1, 0.15) is 6.42 Å². The van der Waals surface area contributed by atoms with E-state index < -0.39 is 22.1 Å². The van der Waals surface area contributed by atoms with Crippen LogP contribution in [0.4, 0.5) is 13.2 Å². The van der Waals surface area contributed by atoms with Gasteiger partial charge in [-0.1, -0.05) is 17.7 Å². The molecule has 5 nitrogen and oxygen atoms in total. The van der Waals surface area contributed by atoms with Gasteiger partial charge in [-0.05, 0) is 25.1 Å². The lowest BCUT2D eigenvalue weighted by atomic mass is 10.1. The minimum absolute atomic E-state index is 0. The van der Waals surface area contributed by atoms with Crippen molar-refractivity contribution in [1.82, 2.24) is 10.0 Å². The minimum Gasteiger partial charge on any atom is -0.406 e. The molecule has 0 spiro atoms. The molecule has 1 aromatic carbocycles. The van der Waals surface area contributed by atoms with Gasteiger partial charge in [0.2, 0.25) is 10.0 Å². The summed E-state index contributed by atoms with van der Waals surface area (Å²) in [6.45, 7) is 1.57. The summed E-state index contributed by atoms with van der Waals surface area (Å²) in [6, 6.07) is 4.29. The topological polar surface area (TPSA) is 67.4 Å². The van der Waals surface area contributed by atoms with Crippen molar-refractivity contribution in [3.05, 3.63) is 35.9 Å². The Kier molecular flexibility index (Phi) is 6.87. The van der Waals surface area contributed by atoms with E-state index in [-0.39, 0.29) is 23.8 Å². The molecule has 0 fully saturated rings. The van der Waals surface area contributed by atoms with Crippen LogP contribution < -0.4 is 14.8 Å². The van der Waals surface area contributed by atoms with Crippen molar-refractivity contribution < 1.29 is 26.3 Å². The first-order chi connectivity index (χ1) is 10.3. The van der Waals surface area contributed by atoms with Gasteiger partial charge in [0.1, 0.15) is 5.75 Å². The number of hydrogen-bond donors (Lipinski definition) is 2. The molecule has 10 heteroatoms. The molecule has 0 unspecified atom stereocenters. The van der Waals surface area contributed by atoms with E-state index in [4.69, 9.17) is 0 Å². The number of alkyl halides is 3. The predicted molar refractivity (Wildman–Crippen MR) is 81.1 cm³/mol. The molecule has 0 radical (unpaired) electrons. The molecule has 1 aliphatic heterocycles. The van der Waals surface area contributed by atoms with Gasteiger partial charge in [0, 0.05) is 19.2 Å². The third-order valence-electron chi connectivity index (χ3n) is 3.00. The quantitative estimate of drug-likeness (QED) is 0.778. The molecule has 1 aliphatic rings. The number of nitrogens with one attached hydrogen (secondary N) is 2. The van der Waals surface area contributed by atoms with Gasteiger partial charge in [0.15, 0.2) is 0 Å². The largest absolute Gasteiger partial charge is 0.573 e. The molecular formula is C13H16ClF3N2O3S. The van der Waals surface area contributed by atoms with Crippen LogP contribution in [-0.2, 0) is 10.0 Å². The Bertz CT molecular complexity index is 663. The van der Waals surface area contributed by atoms with Gasteiger partial charge in [-0.2, -0.15) is 0 Å². The van der Waals surface area contributed by atoms with Crippen LogP contribution in [0.25, 0.3) is 0 Å². The van der Waals surface area contributed by atoms with E-state index in [0.717, 1.165) is 30.7 Å². The second-order valence-electron chi connectivity index (χ2n) is 4.66. The Labute approximate surface area is 138 Å². The van der Waals surface area contributed by atoms with Crippen LogP contribution in [0.2, 0.25) is 0 Å². The first-order valence-corrected chi connectivity index (χ1v) is 7.99. The second-order valence-corrected chi connectivity index (χ2v) is 6.43. The minimum atomic E-state index is -4.87. The molecule has 1 aromatic rings. The summed E-state index contributed by atoms with van der Waals surface area (Å²) < 4.78 is 66.8. The summed E-state index contributed by atoms with van der Waals surface area (Å²) >= 11 is 0. The maximum absolute atomic E-state index is 12.2. The van der Waals surface area contributed by atoms with Crippen LogP contribution in [0.3, 0.4) is 0 Å². The van der Waals surface area contributed by atoms with Crippen molar-refractivity contribution in [2.75, 3.05) is 19.6 Å². The van der Waals surface area contributed by atoms with Gasteiger partial charge in [0.25, 0.3) is 0 Å². The van der Waals surface area contributed by atoms with Gasteiger partial charge >= 0.3 is 6.36 Å². The number of hydrogen-bond acceptors (Lipinski definition) is 4. The van der Waals surface area contributed by atoms with Gasteiger partial charge < -0.3 is 10.1 Å². The molecule has 0 atom stereocenters. The maximum Gasteiger partial charge on any atom is 0.573 e. The van der Waals surface area contributed by atoms with Crippen molar-refractivity contribution in [2.45, 2.75) is 17.7 Å². The van der Waals surface area contributed by atoms with Crippen molar-refractivity contribution in [3.8, 4) is 5.75 Å². The van der Waals surface area contributed by atoms with Crippen LogP contribution in [0.15, 0.2) is 40.8 Å². The number of ether oxygens (including phenoxy) is 1. The Balaban J connectivity index is 0.00000264. The number of rotatable bonds is 5. The normalized spacial score (nSPS) is 15.5. The lowest BCUT2D eigenvalue weighted by Crippen LogP contribution is -2.29. The standard InChI is InChI=1S/C13H15F3N2O3S.ClH/c14-13(15,16)21-11-2-1-3-12(8-11)22(19,20)18-9-10-4-6-17-7-5-10;/h1-4,8,17-18H,5-7,9H2;1H. The SMILES string of the molecule is Cl.O=S(=O)(NCC1=CCNCC1)c1cccc(OC(F)(F)F)c1. The fourth-order valence-electron chi connectivity index (χ4n) is 1.94. The average Bonchev–Trinajstić information content (AvgIpc) is 2.45. The molecule has 0 saturated carbocycles. The first kappa shape index (κ1) is 19.8. The van der Waals surface area contributed by atoms with E-state index in [0.29, 0.717) is 6.54 Å². The van der Waals surface area contributed by atoms with Crippen LogP contribution in [-0.4, -0.2) is 34.4 Å².